The van der Waals surface area contributed by atoms with E-state index in [2.05, 4.69) is 12.2 Å². The second-order valence-corrected chi connectivity index (χ2v) is 8.28. The Balaban J connectivity index is 2.17. The first-order valence-electron chi connectivity index (χ1n) is 6.74. The second kappa shape index (κ2) is 6.53. The molecule has 20 heavy (non-hydrogen) atoms. The highest BCUT2D eigenvalue weighted by atomic mass is 32.2. The van der Waals surface area contributed by atoms with Crippen LogP contribution in [-0.2, 0) is 21.3 Å². The highest BCUT2D eigenvalue weighted by molar-refractivity contribution is 7.91. The zero-order valence-electron chi connectivity index (χ0n) is 12.1. The zero-order valence-corrected chi connectivity index (χ0v) is 13.8. The Labute approximate surface area is 125 Å². The van der Waals surface area contributed by atoms with Crippen molar-refractivity contribution in [2.24, 2.45) is 5.92 Å². The molecule has 5 nitrogen and oxygen atoms in total. The molecule has 0 saturated carbocycles. The first kappa shape index (κ1) is 15.9. The third-order valence-corrected chi connectivity index (χ3v) is 7.09. The van der Waals surface area contributed by atoms with Gasteiger partial charge in [0.15, 0.2) is 0 Å². The van der Waals surface area contributed by atoms with Crippen molar-refractivity contribution in [3.8, 4) is 0 Å². The summed E-state index contributed by atoms with van der Waals surface area (Å²) in [5, 5.41) is 4.92. The molecule has 0 radical (unpaired) electrons. The minimum absolute atomic E-state index is 0.0183. The van der Waals surface area contributed by atoms with Gasteiger partial charge in [-0.05, 0) is 36.4 Å². The number of sulfonamides is 1. The van der Waals surface area contributed by atoms with Crippen LogP contribution in [0.2, 0.25) is 0 Å². The van der Waals surface area contributed by atoms with Gasteiger partial charge in [0, 0.05) is 26.7 Å². The topological polar surface area (TPSA) is 58.6 Å². The van der Waals surface area contributed by atoms with Gasteiger partial charge in [-0.15, -0.1) is 11.3 Å². The van der Waals surface area contributed by atoms with Gasteiger partial charge in [-0.2, -0.15) is 4.31 Å². The number of ether oxygens (including phenoxy) is 1. The van der Waals surface area contributed by atoms with Crippen LogP contribution < -0.4 is 5.32 Å². The molecule has 2 unspecified atom stereocenters. The van der Waals surface area contributed by atoms with E-state index in [0.29, 0.717) is 29.8 Å². The summed E-state index contributed by atoms with van der Waals surface area (Å²) in [6.07, 6.45) is 0.821. The Morgan fingerprint density at radius 2 is 2.30 bits per heavy atom. The fraction of sp³-hybridized carbons (Fsp3) is 0.692. The molecular formula is C13H22N2O3S2. The molecule has 1 saturated heterocycles. The van der Waals surface area contributed by atoms with Crippen molar-refractivity contribution < 1.29 is 13.2 Å². The highest BCUT2D eigenvalue weighted by Gasteiger charge is 2.34. The Morgan fingerprint density at radius 3 is 2.95 bits per heavy atom. The number of hydrogen-bond acceptors (Lipinski definition) is 5. The number of nitrogens with one attached hydrogen (secondary N) is 1. The number of piperidine rings is 1. The van der Waals surface area contributed by atoms with E-state index >= 15 is 0 Å². The van der Waals surface area contributed by atoms with Gasteiger partial charge in [-0.1, -0.05) is 6.92 Å². The zero-order chi connectivity index (χ0) is 14.8. The maximum absolute atomic E-state index is 12.6. The summed E-state index contributed by atoms with van der Waals surface area (Å²) in [7, 11) is 0.113. The molecule has 1 N–H and O–H groups in total. The van der Waals surface area contributed by atoms with E-state index < -0.39 is 10.0 Å². The summed E-state index contributed by atoms with van der Waals surface area (Å²) in [4.78, 5) is 0. The van der Waals surface area contributed by atoms with Crippen LogP contribution in [0.4, 0.5) is 0 Å². The predicted octanol–water partition coefficient (Wildman–Crippen LogP) is 1.51. The largest absolute Gasteiger partial charge is 0.380 e. The molecule has 0 bridgehead atoms. The number of nitrogens with zero attached hydrogens (tertiary/aromatic N) is 1. The molecule has 1 aliphatic heterocycles. The molecule has 1 aromatic heterocycles. The summed E-state index contributed by atoms with van der Waals surface area (Å²) in [5.41, 5.74) is 1.00. The SMILES string of the molecule is CNCc1csc(S(=O)(=O)N2CCC(C)C(OC)C2)c1. The standard InChI is InChI=1S/C13H22N2O3S2/c1-10-4-5-15(8-12(10)18-3)20(16,17)13-6-11(7-14-2)9-19-13/h6,9-10,12,14H,4-5,7-8H2,1-3H3. The maximum Gasteiger partial charge on any atom is 0.252 e. The molecule has 0 aromatic carbocycles. The molecule has 1 fully saturated rings. The fourth-order valence-corrected chi connectivity index (χ4v) is 5.27. The van der Waals surface area contributed by atoms with Crippen molar-refractivity contribution >= 4 is 21.4 Å². The van der Waals surface area contributed by atoms with Gasteiger partial charge in [-0.3, -0.25) is 0 Å². The molecule has 1 aromatic rings. The molecule has 7 heteroatoms. The summed E-state index contributed by atoms with van der Waals surface area (Å²) >= 11 is 1.29. The average Bonchev–Trinajstić information content (AvgIpc) is 2.89. The Hall–Kier alpha value is -0.470. The van der Waals surface area contributed by atoms with E-state index in [1.54, 1.807) is 17.5 Å². The van der Waals surface area contributed by atoms with E-state index in [-0.39, 0.29) is 6.10 Å². The molecule has 2 heterocycles. The van der Waals surface area contributed by atoms with Crippen LogP contribution in [0.25, 0.3) is 0 Å². The van der Waals surface area contributed by atoms with Crippen LogP contribution in [0.5, 0.6) is 0 Å². The lowest BCUT2D eigenvalue weighted by Crippen LogP contribution is -2.46. The third-order valence-electron chi connectivity index (χ3n) is 3.76. The highest BCUT2D eigenvalue weighted by Crippen LogP contribution is 2.28. The first-order valence-corrected chi connectivity index (χ1v) is 9.06. The lowest BCUT2D eigenvalue weighted by molar-refractivity contribution is 0.0184. The van der Waals surface area contributed by atoms with Crippen LogP contribution in [0.15, 0.2) is 15.7 Å². The van der Waals surface area contributed by atoms with Crippen LogP contribution in [0.1, 0.15) is 18.9 Å². The number of methoxy groups -OCH3 is 1. The van der Waals surface area contributed by atoms with Gasteiger partial charge in [-0.25, -0.2) is 8.42 Å². The molecule has 0 spiro atoms. The normalized spacial score (nSPS) is 24.9. The fourth-order valence-electron chi connectivity index (χ4n) is 2.44. The molecule has 2 rings (SSSR count). The number of hydrogen-bond donors (Lipinski definition) is 1. The van der Waals surface area contributed by atoms with Gasteiger partial charge in [0.25, 0.3) is 10.0 Å². The van der Waals surface area contributed by atoms with Gasteiger partial charge >= 0.3 is 0 Å². The van der Waals surface area contributed by atoms with Gasteiger partial charge < -0.3 is 10.1 Å². The Bertz CT molecular complexity index is 542. The van der Waals surface area contributed by atoms with Crippen molar-refractivity contribution in [2.75, 3.05) is 27.2 Å². The maximum atomic E-state index is 12.6. The summed E-state index contributed by atoms with van der Waals surface area (Å²) in [6, 6.07) is 1.76. The summed E-state index contributed by atoms with van der Waals surface area (Å²) in [5.74, 6) is 0.398. The minimum Gasteiger partial charge on any atom is -0.380 e. The molecule has 2 atom stereocenters. The Morgan fingerprint density at radius 1 is 1.55 bits per heavy atom. The van der Waals surface area contributed by atoms with Crippen LogP contribution in [0.3, 0.4) is 0 Å². The molecule has 1 aliphatic rings. The van der Waals surface area contributed by atoms with Crippen LogP contribution >= 0.6 is 11.3 Å². The van der Waals surface area contributed by atoms with E-state index in [1.165, 1.54) is 11.3 Å². The van der Waals surface area contributed by atoms with E-state index in [9.17, 15) is 8.42 Å². The average molecular weight is 318 g/mol. The van der Waals surface area contributed by atoms with Crippen molar-refractivity contribution in [1.29, 1.82) is 0 Å². The number of rotatable bonds is 5. The molecule has 0 amide bonds. The van der Waals surface area contributed by atoms with Crippen molar-refractivity contribution in [3.63, 3.8) is 0 Å². The second-order valence-electron chi connectivity index (χ2n) is 5.21. The van der Waals surface area contributed by atoms with Gasteiger partial charge in [0.1, 0.15) is 4.21 Å². The smallest absolute Gasteiger partial charge is 0.252 e. The minimum atomic E-state index is -3.38. The number of thiophene rings is 1. The molecule has 0 aliphatic carbocycles. The lowest BCUT2D eigenvalue weighted by atomic mass is 9.97. The lowest BCUT2D eigenvalue weighted by Gasteiger charge is -2.35. The molecular weight excluding hydrogens is 296 g/mol. The van der Waals surface area contributed by atoms with Crippen LogP contribution in [0, 0.1) is 5.92 Å². The Kier molecular flexibility index (Phi) is 5.19. The van der Waals surface area contributed by atoms with Crippen molar-refractivity contribution in [2.45, 2.75) is 30.2 Å². The first-order chi connectivity index (χ1) is 9.48. The van der Waals surface area contributed by atoms with E-state index in [4.69, 9.17) is 4.74 Å². The quantitative estimate of drug-likeness (QED) is 0.894. The predicted molar refractivity (Wildman–Crippen MR) is 80.4 cm³/mol. The molecule has 114 valence electrons. The van der Waals surface area contributed by atoms with Gasteiger partial charge in [0.05, 0.1) is 6.10 Å². The summed E-state index contributed by atoms with van der Waals surface area (Å²) < 4.78 is 32.6. The van der Waals surface area contributed by atoms with Crippen molar-refractivity contribution in [3.05, 3.63) is 17.0 Å². The van der Waals surface area contributed by atoms with E-state index in [0.717, 1.165) is 12.0 Å². The van der Waals surface area contributed by atoms with Gasteiger partial charge in [0.2, 0.25) is 0 Å². The van der Waals surface area contributed by atoms with E-state index in [1.807, 2.05) is 12.4 Å². The third kappa shape index (κ3) is 3.23. The monoisotopic (exact) mass is 318 g/mol. The summed E-state index contributed by atoms with van der Waals surface area (Å²) in [6.45, 7) is 3.81. The van der Waals surface area contributed by atoms with Crippen LogP contribution in [-0.4, -0.2) is 46.1 Å². The van der Waals surface area contributed by atoms with Crippen molar-refractivity contribution in [1.82, 2.24) is 9.62 Å².